The highest BCUT2D eigenvalue weighted by atomic mass is 79.9. The fraction of sp³-hybridized carbons (Fsp3) is 0.538. The smallest absolute Gasteiger partial charge is 0.151 e. The second-order valence-electron chi connectivity index (χ2n) is 4.38. The molecule has 0 heterocycles. The third kappa shape index (κ3) is 3.58. The summed E-state index contributed by atoms with van der Waals surface area (Å²) < 4.78 is 39.3. The maximum atomic E-state index is 11.7. The number of rotatable bonds is 6. The first-order chi connectivity index (χ1) is 9.26. The molecule has 0 fully saturated rings. The van der Waals surface area contributed by atoms with Crippen LogP contribution in [0.3, 0.4) is 0 Å². The van der Waals surface area contributed by atoms with E-state index in [9.17, 15) is 8.42 Å². The first-order valence-electron chi connectivity index (χ1n) is 5.89. The molecule has 0 amide bonds. The molecular formula is C13H19BrO5S. The van der Waals surface area contributed by atoms with Crippen LogP contribution in [-0.4, -0.2) is 41.3 Å². The number of halogens is 1. The van der Waals surface area contributed by atoms with Crippen molar-refractivity contribution in [2.75, 3.05) is 27.6 Å². The Labute approximate surface area is 128 Å². The Kier molecular flexibility index (Phi) is 5.70. The van der Waals surface area contributed by atoms with Gasteiger partial charge in [0.25, 0.3) is 0 Å². The Morgan fingerprint density at radius 1 is 1.05 bits per heavy atom. The summed E-state index contributed by atoms with van der Waals surface area (Å²) in [5.41, 5.74) is 0.647. The highest BCUT2D eigenvalue weighted by molar-refractivity contribution is 9.09. The molecule has 1 aromatic carbocycles. The molecule has 20 heavy (non-hydrogen) atoms. The van der Waals surface area contributed by atoms with Crippen LogP contribution < -0.4 is 14.2 Å². The molecule has 2 atom stereocenters. The minimum atomic E-state index is -3.21. The predicted molar refractivity (Wildman–Crippen MR) is 82.1 cm³/mol. The predicted octanol–water partition coefficient (Wildman–Crippen LogP) is 2.58. The van der Waals surface area contributed by atoms with Crippen LogP contribution in [0.15, 0.2) is 12.1 Å². The second kappa shape index (κ2) is 6.67. The van der Waals surface area contributed by atoms with Crippen LogP contribution in [0.2, 0.25) is 0 Å². The van der Waals surface area contributed by atoms with Crippen LogP contribution in [0.4, 0.5) is 0 Å². The van der Waals surface area contributed by atoms with Gasteiger partial charge in [-0.1, -0.05) is 15.9 Å². The van der Waals surface area contributed by atoms with Gasteiger partial charge in [0.1, 0.15) is 17.2 Å². The summed E-state index contributed by atoms with van der Waals surface area (Å²) in [6.45, 7) is 1.64. The van der Waals surface area contributed by atoms with Gasteiger partial charge in [-0.15, -0.1) is 0 Å². The van der Waals surface area contributed by atoms with E-state index >= 15 is 0 Å². The van der Waals surface area contributed by atoms with Gasteiger partial charge in [0, 0.05) is 18.4 Å². The summed E-state index contributed by atoms with van der Waals surface area (Å²) in [5, 5.41) is -0.626. The molecule has 7 heteroatoms. The molecule has 1 rings (SSSR count). The fourth-order valence-electron chi connectivity index (χ4n) is 1.76. The molecule has 2 unspecified atom stereocenters. The van der Waals surface area contributed by atoms with Crippen LogP contribution in [0.1, 0.15) is 17.3 Å². The zero-order chi connectivity index (χ0) is 15.5. The summed E-state index contributed by atoms with van der Waals surface area (Å²) in [6.07, 6.45) is 1.20. The molecule has 0 saturated carbocycles. The molecule has 0 aliphatic heterocycles. The van der Waals surface area contributed by atoms with Gasteiger partial charge in [-0.25, -0.2) is 8.42 Å². The number of hydrogen-bond donors (Lipinski definition) is 0. The Hall–Kier alpha value is -0.950. The van der Waals surface area contributed by atoms with Crippen LogP contribution >= 0.6 is 15.9 Å². The molecule has 114 valence electrons. The summed E-state index contributed by atoms with van der Waals surface area (Å²) in [6, 6.07) is 3.39. The zero-order valence-corrected chi connectivity index (χ0v) is 14.5. The van der Waals surface area contributed by atoms with Crippen molar-refractivity contribution < 1.29 is 22.6 Å². The first-order valence-corrected chi connectivity index (χ1v) is 8.76. The van der Waals surface area contributed by atoms with Gasteiger partial charge in [0.05, 0.1) is 37.0 Å². The van der Waals surface area contributed by atoms with Crippen molar-refractivity contribution >= 4 is 25.8 Å². The Balaban J connectivity index is 3.42. The van der Waals surface area contributed by atoms with Crippen molar-refractivity contribution in [1.29, 1.82) is 0 Å². The van der Waals surface area contributed by atoms with E-state index in [0.29, 0.717) is 22.8 Å². The van der Waals surface area contributed by atoms with Crippen molar-refractivity contribution in [3.8, 4) is 17.2 Å². The Morgan fingerprint density at radius 2 is 1.50 bits per heavy atom. The van der Waals surface area contributed by atoms with E-state index in [-0.39, 0.29) is 0 Å². The number of hydrogen-bond acceptors (Lipinski definition) is 5. The average molecular weight is 367 g/mol. The van der Waals surface area contributed by atoms with E-state index in [1.807, 2.05) is 0 Å². The molecule has 0 bridgehead atoms. The normalized spacial score (nSPS) is 14.5. The molecule has 5 nitrogen and oxygen atoms in total. The minimum absolute atomic E-state index is 0.451. The van der Waals surface area contributed by atoms with E-state index in [2.05, 4.69) is 15.9 Å². The molecule has 0 aliphatic rings. The lowest BCUT2D eigenvalue weighted by Gasteiger charge is -2.22. The molecule has 0 spiro atoms. The molecular weight excluding hydrogens is 348 g/mol. The number of sulfone groups is 1. The van der Waals surface area contributed by atoms with E-state index in [4.69, 9.17) is 14.2 Å². The topological polar surface area (TPSA) is 61.8 Å². The summed E-state index contributed by atoms with van der Waals surface area (Å²) >= 11 is 3.44. The molecule has 1 aromatic rings. The molecule has 0 aliphatic carbocycles. The number of methoxy groups -OCH3 is 3. The number of alkyl halides is 1. The second-order valence-corrected chi connectivity index (χ2v) is 7.77. The monoisotopic (exact) mass is 366 g/mol. The van der Waals surface area contributed by atoms with Gasteiger partial charge in [-0.2, -0.15) is 0 Å². The Morgan fingerprint density at radius 3 is 1.80 bits per heavy atom. The largest absolute Gasteiger partial charge is 0.496 e. The lowest BCUT2D eigenvalue weighted by molar-refractivity contribution is 0.368. The highest BCUT2D eigenvalue weighted by Crippen LogP contribution is 2.44. The maximum Gasteiger partial charge on any atom is 0.151 e. The number of ether oxygens (including phenoxy) is 3. The number of benzene rings is 1. The summed E-state index contributed by atoms with van der Waals surface area (Å²) in [4.78, 5) is -0.451. The van der Waals surface area contributed by atoms with Gasteiger partial charge in [0.2, 0.25) is 0 Å². The van der Waals surface area contributed by atoms with Gasteiger partial charge < -0.3 is 14.2 Å². The van der Waals surface area contributed by atoms with Crippen molar-refractivity contribution in [2.45, 2.75) is 17.0 Å². The van der Waals surface area contributed by atoms with Gasteiger partial charge in [-0.3, -0.25) is 0 Å². The minimum Gasteiger partial charge on any atom is -0.496 e. The van der Waals surface area contributed by atoms with E-state index in [1.54, 1.807) is 26.2 Å². The van der Waals surface area contributed by atoms with Gasteiger partial charge in [0.15, 0.2) is 9.84 Å². The van der Waals surface area contributed by atoms with Gasteiger partial charge in [-0.05, 0) is 6.92 Å². The third-order valence-electron chi connectivity index (χ3n) is 3.12. The fourth-order valence-corrected chi connectivity index (χ4v) is 3.95. The van der Waals surface area contributed by atoms with E-state index in [0.717, 1.165) is 0 Å². The van der Waals surface area contributed by atoms with Gasteiger partial charge >= 0.3 is 0 Å². The highest BCUT2D eigenvalue weighted by Gasteiger charge is 2.30. The molecule has 0 N–H and O–H groups in total. The van der Waals surface area contributed by atoms with Crippen molar-refractivity contribution in [2.24, 2.45) is 0 Å². The van der Waals surface area contributed by atoms with Crippen molar-refractivity contribution in [1.82, 2.24) is 0 Å². The third-order valence-corrected chi connectivity index (χ3v) is 6.34. The van der Waals surface area contributed by atoms with Crippen molar-refractivity contribution in [3.63, 3.8) is 0 Å². The SMILES string of the molecule is COc1cc(OC)c(C(Br)C(C)S(C)(=O)=O)c(OC)c1. The van der Waals surface area contributed by atoms with E-state index in [1.165, 1.54) is 20.5 Å². The van der Waals surface area contributed by atoms with Crippen LogP contribution in [-0.2, 0) is 9.84 Å². The van der Waals surface area contributed by atoms with Crippen LogP contribution in [0.5, 0.6) is 17.2 Å². The first kappa shape index (κ1) is 17.1. The summed E-state index contributed by atoms with van der Waals surface area (Å²) in [5.74, 6) is 1.60. The average Bonchev–Trinajstić information content (AvgIpc) is 2.42. The summed E-state index contributed by atoms with van der Waals surface area (Å²) in [7, 11) is 1.37. The standard InChI is InChI=1S/C13H19BrO5S/c1-8(20(5,15)16)13(14)12-10(18-3)6-9(17-2)7-11(12)19-4/h6-8,13H,1-5H3. The Bertz CT molecular complexity index is 545. The van der Waals surface area contributed by atoms with Crippen LogP contribution in [0, 0.1) is 0 Å². The molecule has 0 radical (unpaired) electrons. The molecule has 0 aromatic heterocycles. The molecule has 0 saturated heterocycles. The lowest BCUT2D eigenvalue weighted by Crippen LogP contribution is -2.21. The maximum absolute atomic E-state index is 11.7. The zero-order valence-electron chi connectivity index (χ0n) is 12.1. The lowest BCUT2D eigenvalue weighted by atomic mass is 10.1. The van der Waals surface area contributed by atoms with Crippen molar-refractivity contribution in [3.05, 3.63) is 17.7 Å². The van der Waals surface area contributed by atoms with Crippen LogP contribution in [0.25, 0.3) is 0 Å². The van der Waals surface area contributed by atoms with E-state index < -0.39 is 19.9 Å². The quantitative estimate of drug-likeness (QED) is 0.724.